The average Bonchev–Trinajstić information content (AvgIpc) is 2.67. The van der Waals surface area contributed by atoms with Crippen molar-refractivity contribution in [2.24, 2.45) is 5.92 Å². The summed E-state index contributed by atoms with van der Waals surface area (Å²) < 4.78 is 0. The molecule has 0 spiro atoms. The molecule has 134 valence electrons. The maximum Gasteiger partial charge on any atom is 0.326 e. The van der Waals surface area contributed by atoms with Crippen LogP contribution in [0.5, 0.6) is 0 Å². The molecule has 0 heterocycles. The molecule has 0 fully saturated rings. The van der Waals surface area contributed by atoms with Crippen molar-refractivity contribution in [3.63, 3.8) is 0 Å². The molecule has 2 atom stereocenters. The first-order chi connectivity index (χ1) is 12.4. The number of rotatable bonds is 7. The van der Waals surface area contributed by atoms with Crippen molar-refractivity contribution >= 4 is 11.9 Å². The number of benzene rings is 2. The van der Waals surface area contributed by atoms with E-state index in [-0.39, 0.29) is 6.42 Å². The highest BCUT2D eigenvalue weighted by Crippen LogP contribution is 2.32. The number of nitrogens with zero attached hydrogens (tertiary/aromatic N) is 1. The average molecular weight is 350 g/mol. The quantitative estimate of drug-likeness (QED) is 0.803. The summed E-state index contributed by atoms with van der Waals surface area (Å²) in [6.45, 7) is 3.41. The van der Waals surface area contributed by atoms with E-state index >= 15 is 0 Å². The second-order valence-corrected chi connectivity index (χ2v) is 6.49. The van der Waals surface area contributed by atoms with E-state index in [9.17, 15) is 14.7 Å². The first-order valence-corrected chi connectivity index (χ1v) is 8.44. The van der Waals surface area contributed by atoms with Gasteiger partial charge in [0.15, 0.2) is 0 Å². The molecule has 1 amide bonds. The van der Waals surface area contributed by atoms with Crippen LogP contribution < -0.4 is 5.32 Å². The molecule has 2 rings (SSSR count). The van der Waals surface area contributed by atoms with Crippen molar-refractivity contribution in [2.45, 2.75) is 31.7 Å². The van der Waals surface area contributed by atoms with Gasteiger partial charge in [-0.05, 0) is 31.4 Å². The Morgan fingerprint density at radius 2 is 1.54 bits per heavy atom. The number of nitrogens with one attached hydrogen (secondary N) is 1. The summed E-state index contributed by atoms with van der Waals surface area (Å²) in [4.78, 5) is 24.8. The van der Waals surface area contributed by atoms with Gasteiger partial charge in [-0.3, -0.25) is 4.79 Å². The van der Waals surface area contributed by atoms with E-state index < -0.39 is 29.3 Å². The molecule has 2 aromatic carbocycles. The van der Waals surface area contributed by atoms with Crippen molar-refractivity contribution < 1.29 is 14.7 Å². The topological polar surface area (TPSA) is 90.2 Å². The van der Waals surface area contributed by atoms with E-state index in [2.05, 4.69) is 5.32 Å². The minimum absolute atomic E-state index is 0.0528. The van der Waals surface area contributed by atoms with E-state index in [1.54, 1.807) is 13.8 Å². The summed E-state index contributed by atoms with van der Waals surface area (Å²) in [5.74, 6) is -2.03. The van der Waals surface area contributed by atoms with Gasteiger partial charge in [-0.15, -0.1) is 0 Å². The Labute approximate surface area is 153 Å². The Bertz CT molecular complexity index is 758. The Balaban J connectivity index is 2.41. The summed E-state index contributed by atoms with van der Waals surface area (Å²) in [5.41, 5.74) is 0.480. The van der Waals surface area contributed by atoms with Gasteiger partial charge in [-0.2, -0.15) is 5.26 Å². The van der Waals surface area contributed by atoms with Crippen LogP contribution in [0.2, 0.25) is 0 Å². The maximum absolute atomic E-state index is 13.2. The molecule has 0 aliphatic heterocycles. The Kier molecular flexibility index (Phi) is 6.13. The van der Waals surface area contributed by atoms with Gasteiger partial charge >= 0.3 is 5.97 Å². The van der Waals surface area contributed by atoms with Crippen LogP contribution in [0, 0.1) is 17.2 Å². The number of hydrogen-bond donors (Lipinski definition) is 2. The van der Waals surface area contributed by atoms with Gasteiger partial charge in [0.25, 0.3) is 0 Å². The third-order valence-electron chi connectivity index (χ3n) is 4.57. The van der Waals surface area contributed by atoms with Crippen LogP contribution in [-0.2, 0) is 15.0 Å². The second-order valence-electron chi connectivity index (χ2n) is 6.49. The number of carbonyl (C=O) groups excluding carboxylic acids is 1. The fourth-order valence-corrected chi connectivity index (χ4v) is 2.90. The van der Waals surface area contributed by atoms with Crippen LogP contribution in [0.15, 0.2) is 60.7 Å². The van der Waals surface area contributed by atoms with E-state index in [1.165, 1.54) is 0 Å². The van der Waals surface area contributed by atoms with Crippen LogP contribution in [0.3, 0.4) is 0 Å². The monoisotopic (exact) mass is 350 g/mol. The Morgan fingerprint density at radius 3 is 1.92 bits per heavy atom. The third-order valence-corrected chi connectivity index (χ3v) is 4.57. The van der Waals surface area contributed by atoms with Crippen LogP contribution >= 0.6 is 0 Å². The third kappa shape index (κ3) is 4.09. The molecular formula is C21H22N2O3. The lowest BCUT2D eigenvalue weighted by Crippen LogP contribution is -2.50. The van der Waals surface area contributed by atoms with Gasteiger partial charge in [0.05, 0.1) is 11.5 Å². The molecule has 0 saturated carbocycles. The van der Waals surface area contributed by atoms with Gasteiger partial charge in [0, 0.05) is 5.92 Å². The Hall–Kier alpha value is -3.13. The minimum Gasteiger partial charge on any atom is -0.480 e. The molecule has 26 heavy (non-hydrogen) atoms. The first kappa shape index (κ1) is 19.2. The smallest absolute Gasteiger partial charge is 0.326 e. The summed E-state index contributed by atoms with van der Waals surface area (Å²) in [5, 5.41) is 21.0. The summed E-state index contributed by atoms with van der Waals surface area (Å²) in [6, 6.07) is 19.4. The number of aliphatic carboxylic acids is 1. The highest BCUT2D eigenvalue weighted by Gasteiger charge is 2.39. The molecule has 0 radical (unpaired) electrons. The molecule has 0 aliphatic carbocycles. The molecule has 0 aliphatic rings. The Morgan fingerprint density at radius 1 is 1.08 bits per heavy atom. The molecule has 0 aromatic heterocycles. The van der Waals surface area contributed by atoms with Gasteiger partial charge < -0.3 is 10.4 Å². The largest absolute Gasteiger partial charge is 0.480 e. The van der Waals surface area contributed by atoms with Crippen LogP contribution in [-0.4, -0.2) is 23.0 Å². The SMILES string of the molecule is C[C@H](C#N)C[C@H](NC(=O)C(C)(c1ccccc1)c1ccccc1)C(=O)O. The number of hydrogen-bond acceptors (Lipinski definition) is 3. The van der Waals surface area contributed by atoms with Crippen molar-refractivity contribution in [3.05, 3.63) is 71.8 Å². The fourth-order valence-electron chi connectivity index (χ4n) is 2.90. The molecular weight excluding hydrogens is 328 g/mol. The zero-order chi connectivity index (χ0) is 19.2. The van der Waals surface area contributed by atoms with Gasteiger partial charge in [0.2, 0.25) is 5.91 Å². The van der Waals surface area contributed by atoms with Crippen molar-refractivity contribution in [1.29, 1.82) is 5.26 Å². The highest BCUT2D eigenvalue weighted by atomic mass is 16.4. The van der Waals surface area contributed by atoms with Crippen molar-refractivity contribution in [1.82, 2.24) is 5.32 Å². The lowest BCUT2D eigenvalue weighted by Gasteiger charge is -2.31. The zero-order valence-corrected chi connectivity index (χ0v) is 14.8. The van der Waals surface area contributed by atoms with Crippen LogP contribution in [0.1, 0.15) is 31.4 Å². The summed E-state index contributed by atoms with van der Waals surface area (Å²) >= 11 is 0. The van der Waals surface area contributed by atoms with Crippen molar-refractivity contribution in [3.8, 4) is 6.07 Å². The van der Waals surface area contributed by atoms with E-state index in [0.29, 0.717) is 0 Å². The molecule has 0 saturated heterocycles. The lowest BCUT2D eigenvalue weighted by molar-refractivity contribution is -0.142. The molecule has 5 heteroatoms. The molecule has 2 aromatic rings. The maximum atomic E-state index is 13.2. The minimum atomic E-state index is -1.15. The van der Waals surface area contributed by atoms with Crippen LogP contribution in [0.25, 0.3) is 0 Å². The standard InChI is InChI=1S/C21H22N2O3/c1-15(14-22)13-18(19(24)25)23-20(26)21(2,16-9-5-3-6-10-16)17-11-7-4-8-12-17/h3-12,15,18H,13H2,1-2H3,(H,23,26)(H,24,25)/t15-,18-/m0/s1. The number of carboxylic acids is 1. The molecule has 0 bridgehead atoms. The van der Waals surface area contributed by atoms with Crippen LogP contribution in [0.4, 0.5) is 0 Å². The molecule has 5 nitrogen and oxygen atoms in total. The predicted molar refractivity (Wildman–Crippen MR) is 98.3 cm³/mol. The number of carbonyl (C=O) groups is 2. The molecule has 2 N–H and O–H groups in total. The number of nitriles is 1. The molecule has 0 unspecified atom stereocenters. The van der Waals surface area contributed by atoms with Gasteiger partial charge in [0.1, 0.15) is 6.04 Å². The van der Waals surface area contributed by atoms with E-state index in [4.69, 9.17) is 5.26 Å². The fraction of sp³-hybridized carbons (Fsp3) is 0.286. The summed E-state index contributed by atoms with van der Waals surface area (Å²) in [7, 11) is 0. The van der Waals surface area contributed by atoms with Gasteiger partial charge in [-0.1, -0.05) is 60.7 Å². The van der Waals surface area contributed by atoms with Gasteiger partial charge in [-0.25, -0.2) is 4.79 Å². The number of carboxylic acid groups (broad SMARTS) is 1. The second kappa shape index (κ2) is 8.30. The normalized spacial score (nSPS) is 13.3. The van der Waals surface area contributed by atoms with E-state index in [0.717, 1.165) is 11.1 Å². The first-order valence-electron chi connectivity index (χ1n) is 8.44. The lowest BCUT2D eigenvalue weighted by atomic mass is 9.75. The zero-order valence-electron chi connectivity index (χ0n) is 14.8. The summed E-state index contributed by atoms with van der Waals surface area (Å²) in [6.07, 6.45) is 0.0528. The highest BCUT2D eigenvalue weighted by molar-refractivity contribution is 5.94. The van der Waals surface area contributed by atoms with Crippen molar-refractivity contribution in [2.75, 3.05) is 0 Å². The van der Waals surface area contributed by atoms with E-state index in [1.807, 2.05) is 66.7 Å². The predicted octanol–water partition coefficient (Wildman–Crippen LogP) is 3.11. The number of amides is 1.